The predicted octanol–water partition coefficient (Wildman–Crippen LogP) is 4.24. The maximum atomic E-state index is 13.6. The summed E-state index contributed by atoms with van der Waals surface area (Å²) in [5.74, 6) is -1.86. The number of ether oxygens (including phenoxy) is 1. The second-order valence-electron chi connectivity index (χ2n) is 4.39. The lowest BCUT2D eigenvalue weighted by molar-refractivity contribution is -0.274. The number of benzene rings is 2. The van der Waals surface area contributed by atoms with E-state index in [0.29, 0.717) is 5.56 Å². The Bertz CT molecular complexity index is 674. The molecule has 0 radical (unpaired) electrons. The molecule has 8 heteroatoms. The highest BCUT2D eigenvalue weighted by Crippen LogP contribution is 2.34. The van der Waals surface area contributed by atoms with Crippen LogP contribution in [0.15, 0.2) is 40.9 Å². The van der Waals surface area contributed by atoms with E-state index in [2.05, 4.69) is 20.7 Å². The minimum atomic E-state index is -4.78. The van der Waals surface area contributed by atoms with E-state index in [1.807, 2.05) is 0 Å². The first kappa shape index (κ1) is 16.6. The molecule has 3 nitrogen and oxygen atoms in total. The standard InChI is InChI=1S/C14H10BrF4NO2/c15-10-6-5-9(13(21)11(10)16)12(20)7-1-3-8(4-2-7)22-14(17,18)19/h1-6,12,21H,20H2/t12-/m1/s1. The maximum absolute atomic E-state index is 13.6. The van der Waals surface area contributed by atoms with Gasteiger partial charge in [-0.05, 0) is 39.7 Å². The molecule has 3 N–H and O–H groups in total. The van der Waals surface area contributed by atoms with Crippen molar-refractivity contribution in [2.75, 3.05) is 0 Å². The molecular formula is C14H10BrF4NO2. The first-order chi connectivity index (χ1) is 10.2. The molecule has 0 bridgehead atoms. The lowest BCUT2D eigenvalue weighted by Gasteiger charge is -2.16. The summed E-state index contributed by atoms with van der Waals surface area (Å²) in [6.07, 6.45) is -4.78. The molecule has 0 fully saturated rings. The Balaban J connectivity index is 2.27. The van der Waals surface area contributed by atoms with Crippen LogP contribution < -0.4 is 10.5 Å². The van der Waals surface area contributed by atoms with Crippen molar-refractivity contribution in [3.8, 4) is 11.5 Å². The van der Waals surface area contributed by atoms with Crippen LogP contribution in [0.1, 0.15) is 17.2 Å². The molecule has 2 rings (SSSR count). The third-order valence-electron chi connectivity index (χ3n) is 2.91. The lowest BCUT2D eigenvalue weighted by Crippen LogP contribution is -2.17. The van der Waals surface area contributed by atoms with Gasteiger partial charge in [-0.1, -0.05) is 18.2 Å². The number of alkyl halides is 3. The fraction of sp³-hybridized carbons (Fsp3) is 0.143. The average Bonchev–Trinajstić information content (AvgIpc) is 2.43. The van der Waals surface area contributed by atoms with E-state index < -0.39 is 29.7 Å². The number of rotatable bonds is 3. The van der Waals surface area contributed by atoms with Gasteiger partial charge in [0.1, 0.15) is 5.75 Å². The summed E-state index contributed by atoms with van der Waals surface area (Å²) in [6, 6.07) is 6.71. The predicted molar refractivity (Wildman–Crippen MR) is 74.9 cm³/mol. The molecule has 2 aromatic carbocycles. The Hall–Kier alpha value is -1.80. The molecule has 0 heterocycles. The molecule has 0 aliphatic heterocycles. The quantitative estimate of drug-likeness (QED) is 0.784. The summed E-state index contributed by atoms with van der Waals surface area (Å²) in [4.78, 5) is 0. The van der Waals surface area contributed by atoms with Crippen molar-refractivity contribution >= 4 is 15.9 Å². The maximum Gasteiger partial charge on any atom is 0.573 e. The number of phenols is 1. The molecule has 0 aromatic heterocycles. The number of nitrogens with two attached hydrogens (primary N) is 1. The second kappa shape index (κ2) is 6.13. The molecule has 118 valence electrons. The van der Waals surface area contributed by atoms with Gasteiger partial charge in [0.2, 0.25) is 0 Å². The highest BCUT2D eigenvalue weighted by atomic mass is 79.9. The van der Waals surface area contributed by atoms with Gasteiger partial charge in [-0.3, -0.25) is 0 Å². The van der Waals surface area contributed by atoms with Crippen LogP contribution in [0.4, 0.5) is 17.6 Å². The van der Waals surface area contributed by atoms with Crippen molar-refractivity contribution in [1.29, 1.82) is 0 Å². The molecule has 22 heavy (non-hydrogen) atoms. The van der Waals surface area contributed by atoms with Gasteiger partial charge in [0.25, 0.3) is 0 Å². The Morgan fingerprint density at radius 1 is 1.09 bits per heavy atom. The van der Waals surface area contributed by atoms with E-state index in [-0.39, 0.29) is 10.0 Å². The van der Waals surface area contributed by atoms with E-state index in [0.717, 1.165) is 12.1 Å². The summed E-state index contributed by atoms with van der Waals surface area (Å²) >= 11 is 2.92. The van der Waals surface area contributed by atoms with Crippen molar-refractivity contribution in [1.82, 2.24) is 0 Å². The topological polar surface area (TPSA) is 55.5 Å². The van der Waals surface area contributed by atoms with Crippen LogP contribution in [0.25, 0.3) is 0 Å². The SMILES string of the molecule is N[C@H](c1ccc(OC(F)(F)F)cc1)c1ccc(Br)c(F)c1O. The van der Waals surface area contributed by atoms with Gasteiger partial charge in [0, 0.05) is 5.56 Å². The number of hydrogen-bond donors (Lipinski definition) is 2. The summed E-state index contributed by atoms with van der Waals surface area (Å²) in [6.45, 7) is 0. The van der Waals surface area contributed by atoms with Gasteiger partial charge in [0.15, 0.2) is 11.6 Å². The second-order valence-corrected chi connectivity index (χ2v) is 5.25. The Kier molecular flexibility index (Phi) is 4.62. The van der Waals surface area contributed by atoms with Crippen molar-refractivity contribution < 1.29 is 27.4 Å². The summed E-state index contributed by atoms with van der Waals surface area (Å²) in [5, 5.41) is 9.76. The summed E-state index contributed by atoms with van der Waals surface area (Å²) in [7, 11) is 0. The zero-order valence-corrected chi connectivity index (χ0v) is 12.5. The molecule has 0 amide bonds. The normalized spacial score (nSPS) is 13.0. The van der Waals surface area contributed by atoms with Gasteiger partial charge in [0.05, 0.1) is 10.5 Å². The monoisotopic (exact) mass is 379 g/mol. The van der Waals surface area contributed by atoms with Crippen LogP contribution in [0.2, 0.25) is 0 Å². The Morgan fingerprint density at radius 2 is 1.68 bits per heavy atom. The first-order valence-electron chi connectivity index (χ1n) is 5.97. The molecule has 0 spiro atoms. The molecule has 0 saturated heterocycles. The van der Waals surface area contributed by atoms with Gasteiger partial charge >= 0.3 is 6.36 Å². The van der Waals surface area contributed by atoms with E-state index in [1.165, 1.54) is 24.3 Å². The van der Waals surface area contributed by atoms with Gasteiger partial charge < -0.3 is 15.6 Å². The van der Waals surface area contributed by atoms with E-state index >= 15 is 0 Å². The molecule has 0 aliphatic carbocycles. The van der Waals surface area contributed by atoms with E-state index in [1.54, 1.807) is 0 Å². The Morgan fingerprint density at radius 3 is 2.23 bits per heavy atom. The molecular weight excluding hydrogens is 370 g/mol. The number of halogens is 5. The zero-order valence-electron chi connectivity index (χ0n) is 10.9. The number of hydrogen-bond acceptors (Lipinski definition) is 3. The third kappa shape index (κ3) is 3.69. The molecule has 0 aliphatic rings. The lowest BCUT2D eigenvalue weighted by atomic mass is 9.98. The van der Waals surface area contributed by atoms with E-state index in [9.17, 15) is 22.7 Å². The average molecular weight is 380 g/mol. The highest BCUT2D eigenvalue weighted by Gasteiger charge is 2.31. The van der Waals surface area contributed by atoms with Crippen LogP contribution in [-0.2, 0) is 0 Å². The van der Waals surface area contributed by atoms with Crippen LogP contribution in [0, 0.1) is 5.82 Å². The highest BCUT2D eigenvalue weighted by molar-refractivity contribution is 9.10. The third-order valence-corrected chi connectivity index (χ3v) is 3.52. The Labute approximate surface area is 131 Å². The van der Waals surface area contributed by atoms with E-state index in [4.69, 9.17) is 5.73 Å². The zero-order chi connectivity index (χ0) is 16.5. The fourth-order valence-corrected chi connectivity index (χ4v) is 2.18. The van der Waals surface area contributed by atoms with Gasteiger partial charge in [-0.25, -0.2) is 4.39 Å². The van der Waals surface area contributed by atoms with Gasteiger partial charge in [-0.15, -0.1) is 13.2 Å². The van der Waals surface area contributed by atoms with Crippen molar-refractivity contribution in [3.63, 3.8) is 0 Å². The fourth-order valence-electron chi connectivity index (χ4n) is 1.86. The summed E-state index contributed by atoms with van der Waals surface area (Å²) < 4.78 is 53.7. The summed E-state index contributed by atoms with van der Waals surface area (Å²) in [5.41, 5.74) is 6.42. The van der Waals surface area contributed by atoms with Gasteiger partial charge in [-0.2, -0.15) is 0 Å². The number of phenolic OH excluding ortho intramolecular Hbond substituents is 1. The van der Waals surface area contributed by atoms with Crippen molar-refractivity contribution in [2.45, 2.75) is 12.4 Å². The van der Waals surface area contributed by atoms with Crippen LogP contribution in [0.5, 0.6) is 11.5 Å². The molecule has 1 atom stereocenters. The molecule has 2 aromatic rings. The minimum Gasteiger partial charge on any atom is -0.505 e. The number of aromatic hydroxyl groups is 1. The molecule has 0 unspecified atom stereocenters. The van der Waals surface area contributed by atoms with Crippen LogP contribution in [0.3, 0.4) is 0 Å². The first-order valence-corrected chi connectivity index (χ1v) is 6.76. The smallest absolute Gasteiger partial charge is 0.505 e. The molecule has 0 saturated carbocycles. The van der Waals surface area contributed by atoms with Crippen molar-refractivity contribution in [3.05, 3.63) is 57.8 Å². The van der Waals surface area contributed by atoms with Crippen LogP contribution in [-0.4, -0.2) is 11.5 Å². The van der Waals surface area contributed by atoms with Crippen LogP contribution >= 0.6 is 15.9 Å². The minimum absolute atomic E-state index is 0.0786. The van der Waals surface area contributed by atoms with Crippen molar-refractivity contribution in [2.24, 2.45) is 5.73 Å². The largest absolute Gasteiger partial charge is 0.573 e.